The summed E-state index contributed by atoms with van der Waals surface area (Å²) in [6, 6.07) is 12.6. The molecule has 0 unspecified atom stereocenters. The number of methoxy groups -OCH3 is 1. The molecule has 10 nitrogen and oxygen atoms in total. The van der Waals surface area contributed by atoms with E-state index in [1.165, 1.54) is 43.5 Å². The largest absolute Gasteiger partial charge is 0.507 e. The topological polar surface area (TPSA) is 145 Å². The third-order valence-electron chi connectivity index (χ3n) is 6.49. The van der Waals surface area contributed by atoms with Crippen LogP contribution in [0.1, 0.15) is 36.6 Å². The molecule has 5 rings (SSSR count). The van der Waals surface area contributed by atoms with Crippen LogP contribution in [-0.2, 0) is 0 Å². The Kier molecular flexibility index (Phi) is 6.75. The van der Waals surface area contributed by atoms with Crippen molar-refractivity contribution in [3.8, 4) is 11.5 Å². The summed E-state index contributed by atoms with van der Waals surface area (Å²) in [5.41, 5.74) is 1.07. The Labute approximate surface area is 216 Å². The van der Waals surface area contributed by atoms with Gasteiger partial charge in [-0.3, -0.25) is 19.5 Å². The first-order valence-corrected chi connectivity index (χ1v) is 11.8. The third kappa shape index (κ3) is 4.78. The maximum Gasteiger partial charge on any atom is 0.251 e. The number of aromatic hydroxyl groups is 1. The van der Waals surface area contributed by atoms with Gasteiger partial charge in [-0.15, -0.1) is 0 Å². The average molecular weight is 518 g/mol. The number of amides is 2. The van der Waals surface area contributed by atoms with Crippen LogP contribution in [-0.4, -0.2) is 65.2 Å². The lowest BCUT2D eigenvalue weighted by Crippen LogP contribution is -2.51. The zero-order valence-corrected chi connectivity index (χ0v) is 20.2. The summed E-state index contributed by atoms with van der Waals surface area (Å²) in [5, 5.41) is 26.7. The molecule has 1 aromatic heterocycles. The van der Waals surface area contributed by atoms with Crippen LogP contribution in [0.25, 0.3) is 10.9 Å². The number of phenols is 1. The first-order valence-electron chi connectivity index (χ1n) is 11.8. The number of carbonyl (C=O) groups excluding carboxylic acids is 3. The van der Waals surface area contributed by atoms with Crippen LogP contribution in [0.2, 0.25) is 0 Å². The van der Waals surface area contributed by atoms with Gasteiger partial charge in [0.2, 0.25) is 0 Å². The number of benzene rings is 3. The van der Waals surface area contributed by atoms with Gasteiger partial charge in [0.1, 0.15) is 11.3 Å². The fourth-order valence-corrected chi connectivity index (χ4v) is 4.40. The van der Waals surface area contributed by atoms with E-state index in [2.05, 4.69) is 26.1 Å². The number of fused-ring (bicyclic) bond motifs is 1. The summed E-state index contributed by atoms with van der Waals surface area (Å²) < 4.78 is 19.5. The Morgan fingerprint density at radius 1 is 0.947 bits per heavy atom. The van der Waals surface area contributed by atoms with Crippen molar-refractivity contribution in [2.75, 3.05) is 20.2 Å². The number of hydrogen-bond acceptors (Lipinski definition) is 7. The maximum atomic E-state index is 14.6. The van der Waals surface area contributed by atoms with Crippen molar-refractivity contribution < 1.29 is 28.6 Å². The molecule has 1 saturated heterocycles. The molecule has 0 aliphatic carbocycles. The van der Waals surface area contributed by atoms with E-state index in [1.54, 1.807) is 24.4 Å². The van der Waals surface area contributed by atoms with Crippen LogP contribution in [0, 0.1) is 5.82 Å². The molecular formula is C27H24FN5O5. The third-order valence-corrected chi connectivity index (χ3v) is 6.49. The van der Waals surface area contributed by atoms with Crippen molar-refractivity contribution in [1.82, 2.24) is 26.1 Å². The second kappa shape index (κ2) is 10.3. The van der Waals surface area contributed by atoms with Crippen LogP contribution in [0.4, 0.5) is 4.39 Å². The SMILES string of the molecule is COc1ccc(O)c(C(=O)c2ccc(C(=O)N[C@@H]3CNC[C@H]3NC(=O)c3ccc4cn[nH]c4c3)cc2)c1F. The van der Waals surface area contributed by atoms with Crippen LogP contribution >= 0.6 is 0 Å². The van der Waals surface area contributed by atoms with Crippen molar-refractivity contribution in [3.63, 3.8) is 0 Å². The quantitative estimate of drug-likeness (QED) is 0.236. The number of hydrogen-bond donors (Lipinski definition) is 5. The smallest absolute Gasteiger partial charge is 0.251 e. The number of H-pyrrole nitrogens is 1. The number of halogens is 1. The van der Waals surface area contributed by atoms with Crippen molar-refractivity contribution in [2.45, 2.75) is 12.1 Å². The van der Waals surface area contributed by atoms with Crippen LogP contribution < -0.4 is 20.7 Å². The summed E-state index contributed by atoms with van der Waals surface area (Å²) in [4.78, 5) is 38.5. The second-order valence-electron chi connectivity index (χ2n) is 8.87. The van der Waals surface area contributed by atoms with E-state index in [-0.39, 0.29) is 34.9 Å². The highest BCUT2D eigenvalue weighted by molar-refractivity contribution is 6.11. The van der Waals surface area contributed by atoms with Crippen molar-refractivity contribution in [2.24, 2.45) is 0 Å². The molecule has 2 atom stereocenters. The summed E-state index contributed by atoms with van der Waals surface area (Å²) in [6.45, 7) is 0.938. The van der Waals surface area contributed by atoms with Crippen LogP contribution in [0.3, 0.4) is 0 Å². The molecule has 1 aliphatic rings. The fourth-order valence-electron chi connectivity index (χ4n) is 4.40. The number of phenolic OH excluding ortho intramolecular Hbond substituents is 1. The molecule has 0 radical (unpaired) electrons. The van der Waals surface area contributed by atoms with E-state index in [0.717, 1.165) is 10.9 Å². The Balaban J connectivity index is 1.24. The van der Waals surface area contributed by atoms with Gasteiger partial charge in [0, 0.05) is 35.2 Å². The number of nitrogens with zero attached hydrogens (tertiary/aromatic N) is 1. The number of ketones is 1. The minimum Gasteiger partial charge on any atom is -0.507 e. The Bertz CT molecular complexity index is 1530. The molecule has 2 heterocycles. The summed E-state index contributed by atoms with van der Waals surface area (Å²) >= 11 is 0. The zero-order chi connectivity index (χ0) is 26.8. The Hall–Kier alpha value is -4.77. The van der Waals surface area contributed by atoms with E-state index in [4.69, 9.17) is 4.74 Å². The number of ether oxygens (including phenoxy) is 1. The van der Waals surface area contributed by atoms with E-state index in [1.807, 2.05) is 0 Å². The predicted molar refractivity (Wildman–Crippen MR) is 136 cm³/mol. The Morgan fingerprint density at radius 2 is 1.58 bits per heavy atom. The molecule has 1 fully saturated rings. The standard InChI is InChI=1S/C27H24FN5O5/c1-38-22-9-8-21(34)23(24(22)28)25(35)14-2-4-15(5-3-14)26(36)31-19-12-29-13-20(19)32-27(37)16-6-7-17-11-30-33-18(17)10-16/h2-11,19-20,29,34H,12-13H2,1H3,(H,30,33)(H,31,36)(H,32,37)/t19-,20-/m1/s1. The molecule has 0 spiro atoms. The van der Waals surface area contributed by atoms with Gasteiger partial charge in [0.15, 0.2) is 17.3 Å². The van der Waals surface area contributed by atoms with Gasteiger partial charge in [0.05, 0.1) is 30.9 Å². The number of aromatic amines is 1. The molecule has 0 bridgehead atoms. The monoisotopic (exact) mass is 517 g/mol. The molecule has 3 aromatic carbocycles. The highest BCUT2D eigenvalue weighted by Gasteiger charge is 2.30. The van der Waals surface area contributed by atoms with Crippen LogP contribution in [0.5, 0.6) is 11.5 Å². The van der Waals surface area contributed by atoms with Crippen molar-refractivity contribution >= 4 is 28.5 Å². The second-order valence-corrected chi connectivity index (χ2v) is 8.87. The lowest BCUT2D eigenvalue weighted by molar-refractivity contribution is 0.0896. The minimum absolute atomic E-state index is 0.0888. The van der Waals surface area contributed by atoms with Gasteiger partial charge in [-0.1, -0.05) is 18.2 Å². The van der Waals surface area contributed by atoms with Gasteiger partial charge in [0.25, 0.3) is 11.8 Å². The molecular weight excluding hydrogens is 493 g/mol. The predicted octanol–water partition coefficient (Wildman–Crippen LogP) is 2.15. The van der Waals surface area contributed by atoms with E-state index in [0.29, 0.717) is 18.7 Å². The number of aromatic nitrogens is 2. The normalized spacial score (nSPS) is 16.8. The lowest BCUT2D eigenvalue weighted by Gasteiger charge is -2.21. The highest BCUT2D eigenvalue weighted by atomic mass is 19.1. The molecule has 2 amide bonds. The van der Waals surface area contributed by atoms with E-state index in [9.17, 15) is 23.9 Å². The van der Waals surface area contributed by atoms with Gasteiger partial charge in [-0.05, 0) is 36.4 Å². The van der Waals surface area contributed by atoms with E-state index >= 15 is 0 Å². The van der Waals surface area contributed by atoms with Crippen molar-refractivity contribution in [1.29, 1.82) is 0 Å². The molecule has 5 N–H and O–H groups in total. The highest BCUT2D eigenvalue weighted by Crippen LogP contribution is 2.30. The van der Waals surface area contributed by atoms with Gasteiger partial charge in [-0.2, -0.15) is 5.10 Å². The van der Waals surface area contributed by atoms with Gasteiger partial charge in [-0.25, -0.2) is 4.39 Å². The summed E-state index contributed by atoms with van der Waals surface area (Å²) in [5.74, 6) is -3.07. The molecule has 194 valence electrons. The number of carbonyl (C=O) groups is 3. The zero-order valence-electron chi connectivity index (χ0n) is 20.2. The lowest BCUT2D eigenvalue weighted by atomic mass is 10.00. The molecule has 38 heavy (non-hydrogen) atoms. The fraction of sp³-hybridized carbons (Fsp3) is 0.185. The molecule has 4 aromatic rings. The number of rotatable bonds is 7. The van der Waals surface area contributed by atoms with Crippen LogP contribution in [0.15, 0.2) is 60.8 Å². The first-order chi connectivity index (χ1) is 18.4. The van der Waals surface area contributed by atoms with Gasteiger partial charge < -0.3 is 25.8 Å². The summed E-state index contributed by atoms with van der Waals surface area (Å²) in [7, 11) is 1.26. The van der Waals surface area contributed by atoms with Crippen molar-refractivity contribution in [3.05, 3.63) is 88.9 Å². The average Bonchev–Trinajstić information content (AvgIpc) is 3.57. The summed E-state index contributed by atoms with van der Waals surface area (Å²) in [6.07, 6.45) is 1.67. The maximum absolute atomic E-state index is 14.6. The number of nitrogens with one attached hydrogen (secondary N) is 4. The Morgan fingerprint density at radius 3 is 2.26 bits per heavy atom. The molecule has 11 heteroatoms. The minimum atomic E-state index is -0.967. The van der Waals surface area contributed by atoms with E-state index < -0.39 is 28.8 Å². The molecule has 1 aliphatic heterocycles. The first kappa shape index (κ1) is 24.9. The van der Waals surface area contributed by atoms with Gasteiger partial charge >= 0.3 is 0 Å². The molecule has 0 saturated carbocycles.